The van der Waals surface area contributed by atoms with Crippen molar-refractivity contribution < 1.29 is 0 Å². The lowest BCUT2D eigenvalue weighted by molar-refractivity contribution is 0.689. The zero-order valence-electron chi connectivity index (χ0n) is 14.3. The molecule has 2 heterocycles. The first-order chi connectivity index (χ1) is 12.3. The molecule has 0 radical (unpaired) electrons. The van der Waals surface area contributed by atoms with Crippen molar-refractivity contribution in [3.63, 3.8) is 0 Å². The zero-order valence-corrected chi connectivity index (χ0v) is 14.3. The summed E-state index contributed by atoms with van der Waals surface area (Å²) in [5.41, 5.74) is 7.30. The van der Waals surface area contributed by atoms with E-state index in [2.05, 4.69) is 82.1 Å². The Hall–Kier alpha value is -2.85. The highest BCUT2D eigenvalue weighted by atomic mass is 15.1. The molecule has 0 aliphatic rings. The first-order valence-corrected chi connectivity index (χ1v) is 8.66. The Balaban J connectivity index is 1.38. The van der Waals surface area contributed by atoms with Crippen molar-refractivity contribution in [2.24, 2.45) is 0 Å². The number of fused-ring (bicyclic) bond motifs is 1. The van der Waals surface area contributed by atoms with Crippen LogP contribution >= 0.6 is 0 Å². The highest BCUT2D eigenvalue weighted by Gasteiger charge is 2.08. The Bertz CT molecular complexity index is 963. The Morgan fingerprint density at radius 2 is 1.84 bits per heavy atom. The lowest BCUT2D eigenvalue weighted by Crippen LogP contribution is -2.16. The van der Waals surface area contributed by atoms with Gasteiger partial charge in [0, 0.05) is 29.2 Å². The Morgan fingerprint density at radius 3 is 2.72 bits per heavy atom. The fourth-order valence-electron chi connectivity index (χ4n) is 3.20. The van der Waals surface area contributed by atoms with Gasteiger partial charge in [0.15, 0.2) is 0 Å². The maximum Gasteiger partial charge on any atom is 0.0695 e. The van der Waals surface area contributed by atoms with Gasteiger partial charge in [-0.1, -0.05) is 48.0 Å². The fraction of sp³-hybridized carbons (Fsp3) is 0.190. The number of hydrogen-bond acceptors (Lipinski definition) is 2. The van der Waals surface area contributed by atoms with Crippen LogP contribution in [0, 0.1) is 6.92 Å². The molecule has 0 saturated heterocycles. The molecule has 0 aliphatic carbocycles. The van der Waals surface area contributed by atoms with E-state index in [9.17, 15) is 0 Å². The molecule has 0 atom stereocenters. The van der Waals surface area contributed by atoms with Gasteiger partial charge < -0.3 is 10.3 Å². The van der Waals surface area contributed by atoms with Gasteiger partial charge in [0.25, 0.3) is 0 Å². The third-order valence-corrected chi connectivity index (χ3v) is 4.62. The minimum Gasteiger partial charge on any atom is -0.361 e. The average molecular weight is 330 g/mol. The molecule has 0 spiro atoms. The largest absolute Gasteiger partial charge is 0.361 e. The van der Waals surface area contributed by atoms with Gasteiger partial charge >= 0.3 is 0 Å². The summed E-state index contributed by atoms with van der Waals surface area (Å²) in [5.74, 6) is 0. The van der Waals surface area contributed by atoms with Crippen LogP contribution < -0.4 is 5.32 Å². The van der Waals surface area contributed by atoms with Gasteiger partial charge in [0.05, 0.1) is 11.9 Å². The summed E-state index contributed by atoms with van der Waals surface area (Å²) in [6, 6.07) is 17.0. The smallest absolute Gasteiger partial charge is 0.0695 e. The predicted molar refractivity (Wildman–Crippen MR) is 102 cm³/mol. The number of H-pyrrole nitrogens is 2. The molecule has 2 aromatic heterocycles. The molecule has 25 heavy (non-hydrogen) atoms. The third kappa shape index (κ3) is 3.35. The summed E-state index contributed by atoms with van der Waals surface area (Å²) in [7, 11) is 0. The van der Waals surface area contributed by atoms with Gasteiger partial charge in [-0.2, -0.15) is 5.10 Å². The summed E-state index contributed by atoms with van der Waals surface area (Å²) in [6.45, 7) is 3.84. The molecule has 3 N–H and O–H groups in total. The number of aromatic nitrogens is 3. The number of aromatic amines is 2. The summed E-state index contributed by atoms with van der Waals surface area (Å²) in [6.07, 6.45) is 5.03. The van der Waals surface area contributed by atoms with Crippen LogP contribution in [-0.2, 0) is 13.0 Å². The SMILES string of the molecule is Cc1ccc(-c2[nH]ncc2CNCCc2c[nH]c3ccccc23)cc1. The molecular weight excluding hydrogens is 308 g/mol. The number of aryl methyl sites for hydroxylation is 1. The van der Waals surface area contributed by atoms with Crippen LogP contribution in [0.25, 0.3) is 22.2 Å². The van der Waals surface area contributed by atoms with E-state index in [0.29, 0.717) is 0 Å². The predicted octanol–water partition coefficient (Wildman–Crippen LogP) is 4.20. The number of nitrogens with zero attached hydrogens (tertiary/aromatic N) is 1. The maximum absolute atomic E-state index is 4.22. The minimum absolute atomic E-state index is 0.808. The molecule has 4 heteroatoms. The van der Waals surface area contributed by atoms with Crippen LogP contribution in [0.1, 0.15) is 16.7 Å². The standard InChI is InChI=1S/C21H22N4/c1-15-6-8-16(9-7-15)21-18(14-24-25-21)12-22-11-10-17-13-23-20-5-3-2-4-19(17)20/h2-9,13-14,22-23H,10-12H2,1H3,(H,24,25). The van der Waals surface area contributed by atoms with Crippen molar-refractivity contribution in [1.29, 1.82) is 0 Å². The van der Waals surface area contributed by atoms with Crippen LogP contribution in [0.5, 0.6) is 0 Å². The lowest BCUT2D eigenvalue weighted by Gasteiger charge is -2.06. The van der Waals surface area contributed by atoms with Gasteiger partial charge in [0.2, 0.25) is 0 Å². The molecule has 4 nitrogen and oxygen atoms in total. The maximum atomic E-state index is 4.22. The molecule has 0 amide bonds. The summed E-state index contributed by atoms with van der Waals surface area (Å²) in [5, 5.41) is 12.2. The molecule has 2 aromatic carbocycles. The molecule has 4 rings (SSSR count). The fourth-order valence-corrected chi connectivity index (χ4v) is 3.20. The van der Waals surface area contributed by atoms with Gasteiger partial charge in [-0.15, -0.1) is 0 Å². The third-order valence-electron chi connectivity index (χ3n) is 4.62. The van der Waals surface area contributed by atoms with Crippen LogP contribution in [0.15, 0.2) is 60.9 Å². The van der Waals surface area contributed by atoms with E-state index in [1.807, 2.05) is 6.20 Å². The van der Waals surface area contributed by atoms with Crippen molar-refractivity contribution in [3.05, 3.63) is 77.6 Å². The van der Waals surface area contributed by atoms with Gasteiger partial charge in [-0.3, -0.25) is 5.10 Å². The van der Waals surface area contributed by atoms with Gasteiger partial charge in [-0.25, -0.2) is 0 Å². The average Bonchev–Trinajstić information content (AvgIpc) is 3.26. The second kappa shape index (κ2) is 6.95. The lowest BCUT2D eigenvalue weighted by atomic mass is 10.1. The molecule has 126 valence electrons. The monoisotopic (exact) mass is 330 g/mol. The normalized spacial score (nSPS) is 11.2. The van der Waals surface area contributed by atoms with Crippen LogP contribution in [-0.4, -0.2) is 21.7 Å². The van der Waals surface area contributed by atoms with Crippen molar-refractivity contribution in [2.45, 2.75) is 19.9 Å². The summed E-state index contributed by atoms with van der Waals surface area (Å²) >= 11 is 0. The Morgan fingerprint density at radius 1 is 1.00 bits per heavy atom. The molecule has 4 aromatic rings. The van der Waals surface area contributed by atoms with Crippen LogP contribution in [0.2, 0.25) is 0 Å². The zero-order chi connectivity index (χ0) is 17.1. The Kier molecular flexibility index (Phi) is 4.36. The van der Waals surface area contributed by atoms with E-state index in [0.717, 1.165) is 25.2 Å². The van der Waals surface area contributed by atoms with E-state index < -0.39 is 0 Å². The van der Waals surface area contributed by atoms with Crippen molar-refractivity contribution in [2.75, 3.05) is 6.54 Å². The topological polar surface area (TPSA) is 56.5 Å². The molecule has 0 aliphatic heterocycles. The Labute approximate surface area is 147 Å². The molecule has 0 fully saturated rings. The number of rotatable bonds is 6. The number of benzene rings is 2. The number of para-hydroxylation sites is 1. The van der Waals surface area contributed by atoms with E-state index in [-0.39, 0.29) is 0 Å². The highest BCUT2D eigenvalue weighted by molar-refractivity contribution is 5.83. The first-order valence-electron chi connectivity index (χ1n) is 8.66. The second-order valence-corrected chi connectivity index (χ2v) is 6.42. The minimum atomic E-state index is 0.808. The van der Waals surface area contributed by atoms with Gasteiger partial charge in [-0.05, 0) is 37.1 Å². The number of hydrogen-bond donors (Lipinski definition) is 3. The van der Waals surface area contributed by atoms with E-state index in [1.54, 1.807) is 0 Å². The molecule has 0 unspecified atom stereocenters. The van der Waals surface area contributed by atoms with Crippen LogP contribution in [0.4, 0.5) is 0 Å². The van der Waals surface area contributed by atoms with E-state index in [1.165, 1.54) is 33.2 Å². The van der Waals surface area contributed by atoms with Crippen molar-refractivity contribution in [1.82, 2.24) is 20.5 Å². The van der Waals surface area contributed by atoms with Crippen molar-refractivity contribution in [3.8, 4) is 11.3 Å². The summed E-state index contributed by atoms with van der Waals surface area (Å²) < 4.78 is 0. The molecule has 0 saturated carbocycles. The first kappa shape index (κ1) is 15.7. The highest BCUT2D eigenvalue weighted by Crippen LogP contribution is 2.21. The second-order valence-electron chi connectivity index (χ2n) is 6.42. The number of nitrogens with one attached hydrogen (secondary N) is 3. The van der Waals surface area contributed by atoms with E-state index >= 15 is 0 Å². The van der Waals surface area contributed by atoms with Gasteiger partial charge in [0.1, 0.15) is 0 Å². The molecule has 0 bridgehead atoms. The van der Waals surface area contributed by atoms with Crippen LogP contribution in [0.3, 0.4) is 0 Å². The quantitative estimate of drug-likeness (QED) is 0.464. The van der Waals surface area contributed by atoms with Crippen molar-refractivity contribution >= 4 is 10.9 Å². The molecular formula is C21H22N4. The summed E-state index contributed by atoms with van der Waals surface area (Å²) in [4.78, 5) is 3.33. The van der Waals surface area contributed by atoms with E-state index in [4.69, 9.17) is 0 Å².